The molecule has 1 atom stereocenters. The Morgan fingerprint density at radius 1 is 1.57 bits per heavy atom. The lowest BCUT2D eigenvalue weighted by Crippen LogP contribution is -2.11. The zero-order valence-electron chi connectivity index (χ0n) is 7.67. The first kappa shape index (κ1) is 11.3. The molecule has 0 fully saturated rings. The fourth-order valence-electron chi connectivity index (χ4n) is 1.09. The predicted octanol–water partition coefficient (Wildman–Crippen LogP) is 2.61. The zero-order valence-corrected chi connectivity index (χ0v) is 9.18. The van der Waals surface area contributed by atoms with Crippen molar-refractivity contribution in [3.63, 3.8) is 0 Å². The van der Waals surface area contributed by atoms with E-state index in [2.05, 4.69) is 0 Å². The van der Waals surface area contributed by atoms with Crippen molar-refractivity contribution in [2.45, 2.75) is 11.8 Å². The van der Waals surface area contributed by atoms with Crippen LogP contribution in [0.25, 0.3) is 0 Å². The molecule has 0 aliphatic heterocycles. The van der Waals surface area contributed by atoms with Crippen molar-refractivity contribution in [2.24, 2.45) is 0 Å². The topological polar surface area (TPSA) is 26.3 Å². The van der Waals surface area contributed by atoms with E-state index in [0.29, 0.717) is 6.42 Å². The Morgan fingerprint density at radius 2 is 2.29 bits per heavy atom. The van der Waals surface area contributed by atoms with Crippen molar-refractivity contribution in [2.75, 3.05) is 7.11 Å². The summed E-state index contributed by atoms with van der Waals surface area (Å²) in [5.41, 5.74) is 0.929. The molecule has 0 bridgehead atoms. The van der Waals surface area contributed by atoms with Crippen LogP contribution in [0.5, 0.6) is 5.75 Å². The molecule has 76 valence electrons. The highest BCUT2D eigenvalue weighted by atomic mass is 35.5. The molecule has 0 radical (unpaired) electrons. The molecule has 0 amide bonds. The molecular formula is C10H10Cl2O2. The number of ether oxygens (including phenoxy) is 1. The van der Waals surface area contributed by atoms with Gasteiger partial charge in [-0.3, -0.25) is 4.79 Å². The molecule has 0 heterocycles. The highest BCUT2D eigenvalue weighted by molar-refractivity contribution is 6.69. The minimum Gasteiger partial charge on any atom is -0.497 e. The molecule has 0 saturated heterocycles. The maximum Gasteiger partial charge on any atom is 0.239 e. The standard InChI is InChI=1S/C10H10Cl2O2/c1-14-8-4-2-3-7(5-8)6-9(11)10(12)13/h2-5,9H,6H2,1H3. The molecule has 0 aliphatic carbocycles. The van der Waals surface area contributed by atoms with Gasteiger partial charge in [0.2, 0.25) is 5.24 Å². The molecule has 0 aromatic heterocycles. The average molecular weight is 233 g/mol. The Balaban J connectivity index is 2.71. The molecule has 1 unspecified atom stereocenters. The Hall–Kier alpha value is -0.730. The number of benzene rings is 1. The van der Waals surface area contributed by atoms with E-state index in [-0.39, 0.29) is 0 Å². The van der Waals surface area contributed by atoms with Crippen molar-refractivity contribution in [1.29, 1.82) is 0 Å². The van der Waals surface area contributed by atoms with Gasteiger partial charge < -0.3 is 4.74 Å². The Morgan fingerprint density at radius 3 is 2.86 bits per heavy atom. The summed E-state index contributed by atoms with van der Waals surface area (Å²) in [4.78, 5) is 10.7. The smallest absolute Gasteiger partial charge is 0.239 e. The minimum absolute atomic E-state index is 0.418. The van der Waals surface area contributed by atoms with Crippen molar-refractivity contribution < 1.29 is 9.53 Å². The van der Waals surface area contributed by atoms with Crippen molar-refractivity contribution >= 4 is 28.4 Å². The molecule has 0 aliphatic rings. The van der Waals surface area contributed by atoms with Crippen LogP contribution >= 0.6 is 23.2 Å². The van der Waals surface area contributed by atoms with Crippen LogP contribution < -0.4 is 4.74 Å². The predicted molar refractivity (Wildman–Crippen MR) is 57.2 cm³/mol. The fourth-order valence-corrected chi connectivity index (χ4v) is 1.34. The first-order chi connectivity index (χ1) is 6.63. The summed E-state index contributed by atoms with van der Waals surface area (Å²) in [6.45, 7) is 0. The van der Waals surface area contributed by atoms with E-state index in [4.69, 9.17) is 27.9 Å². The van der Waals surface area contributed by atoms with E-state index in [1.807, 2.05) is 24.3 Å². The lowest BCUT2D eigenvalue weighted by molar-refractivity contribution is -0.111. The summed E-state index contributed by atoms with van der Waals surface area (Å²) in [6, 6.07) is 7.37. The molecule has 2 nitrogen and oxygen atoms in total. The van der Waals surface area contributed by atoms with E-state index in [1.165, 1.54) is 0 Å². The van der Waals surface area contributed by atoms with E-state index in [9.17, 15) is 4.79 Å². The zero-order chi connectivity index (χ0) is 10.6. The van der Waals surface area contributed by atoms with E-state index < -0.39 is 10.6 Å². The molecule has 4 heteroatoms. The van der Waals surface area contributed by atoms with Gasteiger partial charge in [0, 0.05) is 0 Å². The molecular weight excluding hydrogens is 223 g/mol. The summed E-state index contributed by atoms with van der Waals surface area (Å²) < 4.78 is 5.04. The second-order valence-electron chi connectivity index (χ2n) is 2.83. The van der Waals surface area contributed by atoms with Gasteiger partial charge in [-0.15, -0.1) is 11.6 Å². The Bertz CT molecular complexity index is 326. The normalized spacial score (nSPS) is 12.2. The Labute approximate surface area is 92.8 Å². The largest absolute Gasteiger partial charge is 0.497 e. The maximum absolute atomic E-state index is 10.7. The van der Waals surface area contributed by atoms with Crippen LogP contribution in [0.15, 0.2) is 24.3 Å². The molecule has 0 spiro atoms. The van der Waals surface area contributed by atoms with E-state index >= 15 is 0 Å². The number of methoxy groups -OCH3 is 1. The van der Waals surface area contributed by atoms with Gasteiger partial charge in [0.05, 0.1) is 7.11 Å². The van der Waals surface area contributed by atoms with Crippen LogP contribution in [-0.2, 0) is 11.2 Å². The van der Waals surface area contributed by atoms with Gasteiger partial charge in [0.1, 0.15) is 11.1 Å². The van der Waals surface area contributed by atoms with Crippen LogP contribution in [0.2, 0.25) is 0 Å². The van der Waals surface area contributed by atoms with Gasteiger partial charge in [0.25, 0.3) is 0 Å². The first-order valence-electron chi connectivity index (χ1n) is 4.10. The monoisotopic (exact) mass is 232 g/mol. The quantitative estimate of drug-likeness (QED) is 0.590. The fraction of sp³-hybridized carbons (Fsp3) is 0.300. The van der Waals surface area contributed by atoms with Crippen LogP contribution in [-0.4, -0.2) is 17.7 Å². The van der Waals surface area contributed by atoms with E-state index in [0.717, 1.165) is 11.3 Å². The van der Waals surface area contributed by atoms with Crippen LogP contribution in [0.4, 0.5) is 0 Å². The third-order valence-electron chi connectivity index (χ3n) is 1.80. The van der Waals surface area contributed by atoms with Crippen molar-refractivity contribution in [3.05, 3.63) is 29.8 Å². The SMILES string of the molecule is COc1cccc(CC(Cl)C(=O)Cl)c1. The summed E-state index contributed by atoms with van der Waals surface area (Å²) in [5.74, 6) is 0.744. The van der Waals surface area contributed by atoms with Crippen molar-refractivity contribution in [1.82, 2.24) is 0 Å². The first-order valence-corrected chi connectivity index (χ1v) is 4.91. The maximum atomic E-state index is 10.7. The second-order valence-corrected chi connectivity index (χ2v) is 3.73. The highest BCUT2D eigenvalue weighted by Crippen LogP contribution is 2.16. The number of alkyl halides is 1. The molecule has 14 heavy (non-hydrogen) atoms. The second kappa shape index (κ2) is 5.23. The number of hydrogen-bond donors (Lipinski definition) is 0. The van der Waals surface area contributed by atoms with Gasteiger partial charge in [-0.25, -0.2) is 0 Å². The number of carbonyl (C=O) groups excluding carboxylic acids is 1. The molecule has 1 aromatic rings. The van der Waals surface area contributed by atoms with Crippen LogP contribution in [0.3, 0.4) is 0 Å². The van der Waals surface area contributed by atoms with Crippen molar-refractivity contribution in [3.8, 4) is 5.75 Å². The molecule has 1 rings (SSSR count). The number of halogens is 2. The third kappa shape index (κ3) is 3.20. The molecule has 1 aromatic carbocycles. The molecule has 0 N–H and O–H groups in total. The van der Waals surface area contributed by atoms with Gasteiger partial charge >= 0.3 is 0 Å². The van der Waals surface area contributed by atoms with Gasteiger partial charge in [-0.2, -0.15) is 0 Å². The number of hydrogen-bond acceptors (Lipinski definition) is 2. The highest BCUT2D eigenvalue weighted by Gasteiger charge is 2.13. The van der Waals surface area contributed by atoms with Crippen LogP contribution in [0, 0.1) is 0 Å². The average Bonchev–Trinajstić information content (AvgIpc) is 2.18. The van der Waals surface area contributed by atoms with E-state index in [1.54, 1.807) is 7.11 Å². The van der Waals surface area contributed by atoms with Crippen LogP contribution in [0.1, 0.15) is 5.56 Å². The van der Waals surface area contributed by atoms with Gasteiger partial charge in [-0.1, -0.05) is 12.1 Å². The summed E-state index contributed by atoms with van der Waals surface area (Å²) >= 11 is 11.0. The minimum atomic E-state index is -0.677. The van der Waals surface area contributed by atoms with Gasteiger partial charge in [-0.05, 0) is 35.7 Å². The number of rotatable bonds is 4. The number of carbonyl (C=O) groups is 1. The summed E-state index contributed by atoms with van der Waals surface area (Å²) in [6.07, 6.45) is 0.418. The lowest BCUT2D eigenvalue weighted by atomic mass is 10.1. The Kier molecular flexibility index (Phi) is 4.23. The third-order valence-corrected chi connectivity index (χ3v) is 2.52. The molecule has 0 saturated carbocycles. The van der Waals surface area contributed by atoms with Gasteiger partial charge in [0.15, 0.2) is 0 Å². The lowest BCUT2D eigenvalue weighted by Gasteiger charge is -2.06. The summed E-state index contributed by atoms with van der Waals surface area (Å²) in [5, 5.41) is -1.21. The summed E-state index contributed by atoms with van der Waals surface area (Å²) in [7, 11) is 1.59.